The molecule has 90 valence electrons. The molecule has 0 N–H and O–H groups in total. The zero-order chi connectivity index (χ0) is 11.7. The van der Waals surface area contributed by atoms with Gasteiger partial charge < -0.3 is 0 Å². The van der Waals surface area contributed by atoms with E-state index >= 15 is 0 Å². The third-order valence-corrected chi connectivity index (χ3v) is 16.7. The van der Waals surface area contributed by atoms with Gasteiger partial charge in [-0.2, -0.15) is 0 Å². The molecule has 2 heteroatoms. The quantitative estimate of drug-likeness (QED) is 0.764. The zero-order valence-electron chi connectivity index (χ0n) is 10.7. The number of rotatable bonds is 3. The summed E-state index contributed by atoms with van der Waals surface area (Å²) in [6.07, 6.45) is 19.3. The molecule has 1 aliphatic heterocycles. The Morgan fingerprint density at radius 2 is 1.47 bits per heavy atom. The van der Waals surface area contributed by atoms with Gasteiger partial charge in [-0.3, -0.25) is 0 Å². The molecule has 0 aromatic carbocycles. The van der Waals surface area contributed by atoms with Crippen molar-refractivity contribution in [1.29, 1.82) is 0 Å². The molecular weight excluding hydrogens is 285 g/mol. The Balaban J connectivity index is 1.94. The van der Waals surface area contributed by atoms with Gasteiger partial charge in [0.15, 0.2) is 0 Å². The number of allylic oxidation sites excluding steroid dienone is 8. The molecule has 3 aliphatic rings. The van der Waals surface area contributed by atoms with E-state index < -0.39 is 20.6 Å². The molecule has 0 radical (unpaired) electrons. The molecule has 0 aromatic rings. The molecule has 17 heavy (non-hydrogen) atoms. The van der Waals surface area contributed by atoms with Gasteiger partial charge in [-0.05, 0) is 0 Å². The summed E-state index contributed by atoms with van der Waals surface area (Å²) in [6.45, 7) is 2.70. The monoisotopic (exact) mass is 305 g/mol. The molecule has 0 amide bonds. The van der Waals surface area contributed by atoms with Crippen molar-refractivity contribution in [3.05, 3.63) is 43.0 Å². The second-order valence-electron chi connectivity index (χ2n) is 5.41. The summed E-state index contributed by atoms with van der Waals surface area (Å²) < 4.78 is 9.11. The van der Waals surface area contributed by atoms with Crippen LogP contribution in [0.25, 0.3) is 0 Å². The molecule has 1 saturated heterocycles. The minimum atomic E-state index is -2.38. The standard InChI is InChI=1S/2C5H5.C4H8N.CH3.Zr/c3*1-2-4-5-3-1;;/h2*1-3H,4H2;1-4H2;1H3;/q;;-1;;+1. The van der Waals surface area contributed by atoms with Crippen molar-refractivity contribution < 1.29 is 20.6 Å². The summed E-state index contributed by atoms with van der Waals surface area (Å²) in [5, 5.41) is 0. The number of nitrogens with zero attached hydrogens (tertiary/aromatic N) is 1. The van der Waals surface area contributed by atoms with E-state index in [0.29, 0.717) is 0 Å². The summed E-state index contributed by atoms with van der Waals surface area (Å²) >= 11 is -2.38. The Morgan fingerprint density at radius 1 is 0.941 bits per heavy atom. The Bertz CT molecular complexity index is 392. The average molecular weight is 307 g/mol. The van der Waals surface area contributed by atoms with E-state index in [9.17, 15) is 0 Å². The van der Waals surface area contributed by atoms with Crippen molar-refractivity contribution in [3.8, 4) is 0 Å². The molecule has 0 saturated carbocycles. The van der Waals surface area contributed by atoms with Crippen LogP contribution in [0.4, 0.5) is 0 Å². The van der Waals surface area contributed by atoms with Crippen LogP contribution in [-0.2, 0) is 20.6 Å². The molecule has 1 heterocycles. The summed E-state index contributed by atoms with van der Waals surface area (Å²) in [5.41, 5.74) is 0. The molecule has 0 unspecified atom stereocenters. The molecule has 1 nitrogen and oxygen atoms in total. The molecule has 0 atom stereocenters. The van der Waals surface area contributed by atoms with Crippen molar-refractivity contribution >= 4 is 0 Å². The van der Waals surface area contributed by atoms with E-state index in [-0.39, 0.29) is 0 Å². The van der Waals surface area contributed by atoms with E-state index in [1.165, 1.54) is 38.8 Å². The molecule has 1 fully saturated rings. The maximum atomic E-state index is 2.90. The Hall–Kier alpha value is -0.197. The van der Waals surface area contributed by atoms with Crippen molar-refractivity contribution in [2.24, 2.45) is 0 Å². The normalized spacial score (nSPS) is 24.5. The topological polar surface area (TPSA) is 3.24 Å². The van der Waals surface area contributed by atoms with Crippen LogP contribution in [0.15, 0.2) is 43.0 Å². The van der Waals surface area contributed by atoms with Gasteiger partial charge in [0.05, 0.1) is 0 Å². The Morgan fingerprint density at radius 3 is 1.88 bits per heavy atom. The van der Waals surface area contributed by atoms with Gasteiger partial charge in [0, 0.05) is 0 Å². The predicted molar refractivity (Wildman–Crippen MR) is 70.4 cm³/mol. The van der Waals surface area contributed by atoms with E-state index in [4.69, 9.17) is 0 Å². The van der Waals surface area contributed by atoms with Gasteiger partial charge in [-0.1, -0.05) is 0 Å². The first-order chi connectivity index (χ1) is 8.32. The molecule has 3 rings (SSSR count). The van der Waals surface area contributed by atoms with Crippen LogP contribution in [0, 0.1) is 0 Å². The van der Waals surface area contributed by atoms with Crippen LogP contribution in [0.1, 0.15) is 25.7 Å². The van der Waals surface area contributed by atoms with Crippen molar-refractivity contribution in [2.75, 3.05) is 13.1 Å². The van der Waals surface area contributed by atoms with E-state index in [1.54, 1.807) is 6.56 Å². The number of hydrogen-bond acceptors (Lipinski definition) is 1. The van der Waals surface area contributed by atoms with Gasteiger partial charge in [-0.15, -0.1) is 0 Å². The summed E-state index contributed by atoms with van der Waals surface area (Å²) in [6, 6.07) is 0. The van der Waals surface area contributed by atoms with Gasteiger partial charge in [0.2, 0.25) is 0 Å². The van der Waals surface area contributed by atoms with E-state index in [1.807, 2.05) is 0 Å². The summed E-state index contributed by atoms with van der Waals surface area (Å²) in [7, 11) is 0. The first-order valence-corrected chi connectivity index (χ1v) is 12.8. The second kappa shape index (κ2) is 4.82. The SMILES string of the molecule is [CH3][Zr]([C]1=CC=CC1)([C]1=CC=CC1)[N]1CCCC1. The molecule has 2 aliphatic carbocycles. The van der Waals surface area contributed by atoms with Crippen molar-refractivity contribution in [3.63, 3.8) is 0 Å². The van der Waals surface area contributed by atoms with Crippen LogP contribution in [0.5, 0.6) is 0 Å². The van der Waals surface area contributed by atoms with Gasteiger partial charge in [-0.25, -0.2) is 0 Å². The molecule has 0 aromatic heterocycles. The maximum absolute atomic E-state index is 2.90. The average Bonchev–Trinajstić information content (AvgIpc) is 3.10. The Labute approximate surface area is 109 Å². The molecule has 0 spiro atoms. The van der Waals surface area contributed by atoms with Crippen LogP contribution >= 0.6 is 0 Å². The third kappa shape index (κ3) is 2.00. The Kier molecular flexibility index (Phi) is 3.37. The third-order valence-electron chi connectivity index (χ3n) is 4.53. The molecular formula is C15H21NZr. The number of hydrogen-bond donors (Lipinski definition) is 0. The predicted octanol–water partition coefficient (Wildman–Crippen LogP) is 3.89. The fourth-order valence-corrected chi connectivity index (χ4v) is 14.0. The van der Waals surface area contributed by atoms with Crippen LogP contribution in [-0.4, -0.2) is 15.9 Å². The van der Waals surface area contributed by atoms with E-state index in [2.05, 4.69) is 43.9 Å². The zero-order valence-corrected chi connectivity index (χ0v) is 13.1. The van der Waals surface area contributed by atoms with Crippen LogP contribution in [0.3, 0.4) is 0 Å². The first-order valence-electron chi connectivity index (χ1n) is 6.79. The van der Waals surface area contributed by atoms with Gasteiger partial charge in [0.1, 0.15) is 0 Å². The fraction of sp³-hybridized carbons (Fsp3) is 0.467. The summed E-state index contributed by atoms with van der Waals surface area (Å²) in [4.78, 5) is 0. The van der Waals surface area contributed by atoms with Crippen LogP contribution < -0.4 is 0 Å². The van der Waals surface area contributed by atoms with Crippen LogP contribution in [0.2, 0.25) is 4.63 Å². The molecule has 0 bridgehead atoms. The summed E-state index contributed by atoms with van der Waals surface area (Å²) in [5.74, 6) is 0. The van der Waals surface area contributed by atoms with Crippen molar-refractivity contribution in [2.45, 2.75) is 30.3 Å². The minimum absolute atomic E-state index is 1.22. The van der Waals surface area contributed by atoms with E-state index in [0.717, 1.165) is 0 Å². The second-order valence-corrected chi connectivity index (χ2v) is 15.4. The van der Waals surface area contributed by atoms with Gasteiger partial charge in [0.25, 0.3) is 0 Å². The first kappa shape index (κ1) is 11.9. The fourth-order valence-electron chi connectivity index (χ4n) is 3.39. The van der Waals surface area contributed by atoms with Gasteiger partial charge >= 0.3 is 110 Å². The van der Waals surface area contributed by atoms with Crippen molar-refractivity contribution in [1.82, 2.24) is 2.84 Å².